The molecule has 0 saturated heterocycles. The lowest BCUT2D eigenvalue weighted by atomic mass is 10.1. The molecule has 3 rings (SSSR count). The molecule has 0 aliphatic rings. The molecule has 1 unspecified atom stereocenters. The molecule has 0 bridgehead atoms. The summed E-state index contributed by atoms with van der Waals surface area (Å²) in [5.74, 6) is 1.71. The lowest BCUT2D eigenvalue weighted by molar-refractivity contribution is 0.411. The molecule has 160 valence electrons. The summed E-state index contributed by atoms with van der Waals surface area (Å²) in [6, 6.07) is 16.7. The number of rotatable bonds is 7. The van der Waals surface area contributed by atoms with Crippen molar-refractivity contribution in [2.75, 3.05) is 20.7 Å². The molecule has 0 radical (unpaired) electrons. The summed E-state index contributed by atoms with van der Waals surface area (Å²) >= 11 is 0. The molecule has 0 fully saturated rings. The van der Waals surface area contributed by atoms with Crippen LogP contribution < -0.4 is 15.4 Å². The molecular weight excluding hydrogens is 489 g/mol. The van der Waals surface area contributed by atoms with Crippen LogP contribution in [-0.4, -0.2) is 36.4 Å². The molecule has 2 N–H and O–H groups in total. The molecule has 30 heavy (non-hydrogen) atoms. The third kappa shape index (κ3) is 6.22. The molecule has 0 aliphatic carbocycles. The van der Waals surface area contributed by atoms with Crippen LogP contribution in [0.1, 0.15) is 29.7 Å². The number of aliphatic imine (C=N–C) groups is 1. The minimum absolute atomic E-state index is 0. The Kier molecular flexibility index (Phi) is 9.16. The van der Waals surface area contributed by atoms with Gasteiger partial charge in [-0.15, -0.1) is 24.0 Å². The van der Waals surface area contributed by atoms with Crippen molar-refractivity contribution in [1.29, 1.82) is 0 Å². The molecule has 3 aromatic rings. The van der Waals surface area contributed by atoms with Crippen molar-refractivity contribution >= 4 is 29.9 Å². The maximum atomic E-state index is 5.41. The number of nitrogens with zero attached hydrogens (tertiary/aromatic N) is 3. The number of hydrogen-bond donors (Lipinski definition) is 2. The van der Waals surface area contributed by atoms with E-state index < -0.39 is 0 Å². The van der Waals surface area contributed by atoms with E-state index in [-0.39, 0.29) is 30.0 Å². The van der Waals surface area contributed by atoms with E-state index in [2.05, 4.69) is 64.9 Å². The van der Waals surface area contributed by atoms with Crippen LogP contribution in [0.3, 0.4) is 0 Å². The zero-order valence-corrected chi connectivity index (χ0v) is 20.3. The Morgan fingerprint density at radius 1 is 1.20 bits per heavy atom. The highest BCUT2D eigenvalue weighted by Gasteiger charge is 2.09. The zero-order chi connectivity index (χ0) is 20.6. The fraction of sp³-hybridized carbons (Fsp3) is 0.304. The normalized spacial score (nSPS) is 12.1. The van der Waals surface area contributed by atoms with Crippen molar-refractivity contribution in [3.05, 3.63) is 77.6 Å². The molecule has 1 atom stereocenters. The van der Waals surface area contributed by atoms with E-state index in [1.165, 1.54) is 11.1 Å². The van der Waals surface area contributed by atoms with Gasteiger partial charge in [-0.2, -0.15) is 5.10 Å². The predicted molar refractivity (Wildman–Crippen MR) is 133 cm³/mol. The molecule has 7 heteroatoms. The van der Waals surface area contributed by atoms with Crippen molar-refractivity contribution in [3.8, 4) is 11.4 Å². The number of methoxy groups -OCH3 is 1. The largest absolute Gasteiger partial charge is 0.496 e. The Bertz CT molecular complexity index is 956. The number of guanidine groups is 1. The van der Waals surface area contributed by atoms with Gasteiger partial charge in [0.1, 0.15) is 5.75 Å². The summed E-state index contributed by atoms with van der Waals surface area (Å²) in [4.78, 5) is 4.36. The maximum Gasteiger partial charge on any atom is 0.191 e. The van der Waals surface area contributed by atoms with Crippen molar-refractivity contribution in [2.45, 2.75) is 26.3 Å². The zero-order valence-electron chi connectivity index (χ0n) is 17.9. The smallest absolute Gasteiger partial charge is 0.191 e. The maximum absolute atomic E-state index is 5.41. The van der Waals surface area contributed by atoms with Gasteiger partial charge in [-0.25, -0.2) is 4.68 Å². The first kappa shape index (κ1) is 23.7. The number of hydrogen-bond acceptors (Lipinski definition) is 3. The third-order valence-electron chi connectivity index (χ3n) is 4.89. The van der Waals surface area contributed by atoms with E-state index in [1.807, 2.05) is 29.1 Å². The minimum atomic E-state index is 0. The number of aryl methyl sites for hydroxylation is 1. The molecule has 0 spiro atoms. The topological polar surface area (TPSA) is 63.5 Å². The second kappa shape index (κ2) is 11.6. The van der Waals surface area contributed by atoms with Gasteiger partial charge in [0.2, 0.25) is 0 Å². The average molecular weight is 519 g/mol. The quantitative estimate of drug-likeness (QED) is 0.278. The van der Waals surface area contributed by atoms with Crippen LogP contribution >= 0.6 is 24.0 Å². The van der Waals surface area contributed by atoms with Crippen LogP contribution in [0.15, 0.2) is 65.9 Å². The van der Waals surface area contributed by atoms with Gasteiger partial charge in [-0.05, 0) is 61.2 Å². The number of nitrogens with one attached hydrogen (secondary N) is 2. The van der Waals surface area contributed by atoms with Gasteiger partial charge < -0.3 is 15.4 Å². The molecule has 6 nitrogen and oxygen atoms in total. The molecule has 0 amide bonds. The van der Waals surface area contributed by atoms with Crippen molar-refractivity contribution < 1.29 is 4.74 Å². The van der Waals surface area contributed by atoms with Gasteiger partial charge in [-0.3, -0.25) is 4.99 Å². The molecule has 1 heterocycles. The molecular formula is C23H30IN5O. The van der Waals surface area contributed by atoms with E-state index in [9.17, 15) is 0 Å². The highest BCUT2D eigenvalue weighted by molar-refractivity contribution is 14.0. The first-order chi connectivity index (χ1) is 14.1. The van der Waals surface area contributed by atoms with Crippen LogP contribution in [0, 0.1) is 6.92 Å². The van der Waals surface area contributed by atoms with E-state index in [4.69, 9.17) is 4.74 Å². The average Bonchev–Trinajstić information content (AvgIpc) is 3.29. The molecule has 0 saturated carbocycles. The molecule has 1 aromatic heterocycles. The standard InChI is InChI=1S/C23H29N5O.HI/c1-17-9-10-19(15-22(17)29-4)11-13-25-23(24-3)27-18(2)20-7-5-8-21(16-20)28-14-6-12-26-28;/h5-10,12,14-16,18H,11,13H2,1-4H3,(H2,24,25,27);1H. The first-order valence-corrected chi connectivity index (χ1v) is 9.81. The van der Waals surface area contributed by atoms with E-state index in [1.54, 1.807) is 20.4 Å². The van der Waals surface area contributed by atoms with Crippen molar-refractivity contribution in [2.24, 2.45) is 4.99 Å². The minimum Gasteiger partial charge on any atom is -0.496 e. The highest BCUT2D eigenvalue weighted by Crippen LogP contribution is 2.19. The number of halogens is 1. The lowest BCUT2D eigenvalue weighted by Crippen LogP contribution is -2.39. The fourth-order valence-electron chi connectivity index (χ4n) is 3.19. The summed E-state index contributed by atoms with van der Waals surface area (Å²) in [6.07, 6.45) is 4.61. The van der Waals surface area contributed by atoms with E-state index >= 15 is 0 Å². The first-order valence-electron chi connectivity index (χ1n) is 9.81. The highest BCUT2D eigenvalue weighted by atomic mass is 127. The Morgan fingerprint density at radius 2 is 2.03 bits per heavy atom. The molecule has 0 aliphatic heterocycles. The van der Waals surface area contributed by atoms with Crippen LogP contribution in [0.4, 0.5) is 0 Å². The summed E-state index contributed by atoms with van der Waals surface area (Å²) in [5.41, 5.74) is 4.59. The predicted octanol–water partition coefficient (Wildman–Crippen LogP) is 4.28. The van der Waals surface area contributed by atoms with E-state index in [0.717, 1.165) is 35.9 Å². The second-order valence-corrected chi connectivity index (χ2v) is 6.96. The van der Waals surface area contributed by atoms with Crippen LogP contribution in [0.2, 0.25) is 0 Å². The second-order valence-electron chi connectivity index (χ2n) is 6.96. The number of aromatic nitrogens is 2. The number of ether oxygens (including phenoxy) is 1. The summed E-state index contributed by atoms with van der Waals surface area (Å²) < 4.78 is 7.27. The van der Waals surface area contributed by atoms with E-state index in [0.29, 0.717) is 0 Å². The Hall–Kier alpha value is -2.55. The summed E-state index contributed by atoms with van der Waals surface area (Å²) in [7, 11) is 3.50. The fourth-order valence-corrected chi connectivity index (χ4v) is 3.19. The van der Waals surface area contributed by atoms with Crippen LogP contribution in [0.25, 0.3) is 5.69 Å². The Labute approximate surface area is 195 Å². The van der Waals surface area contributed by atoms with Gasteiger partial charge in [0, 0.05) is 26.0 Å². The third-order valence-corrected chi connectivity index (χ3v) is 4.89. The number of benzene rings is 2. The van der Waals surface area contributed by atoms with Gasteiger partial charge in [-0.1, -0.05) is 24.3 Å². The summed E-state index contributed by atoms with van der Waals surface area (Å²) in [5, 5.41) is 11.2. The van der Waals surface area contributed by atoms with Crippen LogP contribution in [0.5, 0.6) is 5.75 Å². The van der Waals surface area contributed by atoms with Gasteiger partial charge in [0.05, 0.1) is 18.8 Å². The molecule has 2 aromatic carbocycles. The van der Waals surface area contributed by atoms with Gasteiger partial charge in [0.25, 0.3) is 0 Å². The van der Waals surface area contributed by atoms with Crippen molar-refractivity contribution in [3.63, 3.8) is 0 Å². The SMILES string of the molecule is CN=C(NCCc1ccc(C)c(OC)c1)NC(C)c1cccc(-n2cccn2)c1.I. The van der Waals surface area contributed by atoms with Crippen LogP contribution in [-0.2, 0) is 6.42 Å². The Balaban J connectivity index is 0.00000320. The Morgan fingerprint density at radius 3 is 2.73 bits per heavy atom. The lowest BCUT2D eigenvalue weighted by Gasteiger charge is -2.19. The van der Waals surface area contributed by atoms with Gasteiger partial charge >= 0.3 is 0 Å². The van der Waals surface area contributed by atoms with Gasteiger partial charge in [0.15, 0.2) is 5.96 Å². The monoisotopic (exact) mass is 519 g/mol. The van der Waals surface area contributed by atoms with Crippen molar-refractivity contribution in [1.82, 2.24) is 20.4 Å². The summed E-state index contributed by atoms with van der Waals surface area (Å²) in [6.45, 7) is 4.96.